The quantitative estimate of drug-likeness (QED) is 0.382. The van der Waals surface area contributed by atoms with Crippen LogP contribution in [0.3, 0.4) is 0 Å². The molecule has 0 amide bonds. The summed E-state index contributed by atoms with van der Waals surface area (Å²) >= 11 is 1.38. The summed E-state index contributed by atoms with van der Waals surface area (Å²) in [4.78, 5) is 11.2. The third kappa shape index (κ3) is 3.25. The molecule has 20 heavy (non-hydrogen) atoms. The Kier molecular flexibility index (Phi) is 4.54. The fraction of sp³-hybridized carbons (Fsp3) is 0.0769. The Morgan fingerprint density at radius 2 is 2.05 bits per heavy atom. The molecule has 7 heteroatoms. The second-order valence-electron chi connectivity index (χ2n) is 3.96. The van der Waals surface area contributed by atoms with Gasteiger partial charge in [0.15, 0.2) is 0 Å². The number of hydrogen-bond acceptors (Lipinski definition) is 5. The van der Waals surface area contributed by atoms with Crippen LogP contribution in [0.5, 0.6) is 0 Å². The smallest absolute Gasteiger partial charge is 0.293 e. The van der Waals surface area contributed by atoms with E-state index in [1.807, 2.05) is 0 Å². The number of nitro benzene ring substituents is 1. The van der Waals surface area contributed by atoms with Gasteiger partial charge in [-0.2, -0.15) is 0 Å². The molecule has 2 aromatic carbocycles. The first-order chi connectivity index (χ1) is 9.61. The number of nitrogens with two attached hydrogens (primary N) is 1. The van der Waals surface area contributed by atoms with E-state index >= 15 is 0 Å². The van der Waals surface area contributed by atoms with E-state index in [4.69, 9.17) is 5.84 Å². The number of para-hydroxylation sites is 1. The highest BCUT2D eigenvalue weighted by molar-refractivity contribution is 7.98. The maximum atomic E-state index is 13.1. The molecule has 0 spiro atoms. The van der Waals surface area contributed by atoms with Gasteiger partial charge >= 0.3 is 0 Å². The van der Waals surface area contributed by atoms with E-state index in [1.165, 1.54) is 30.0 Å². The van der Waals surface area contributed by atoms with Crippen LogP contribution in [0.15, 0.2) is 47.4 Å². The Morgan fingerprint density at radius 1 is 1.30 bits per heavy atom. The van der Waals surface area contributed by atoms with Crippen LogP contribution in [0.2, 0.25) is 0 Å². The Hall–Kier alpha value is -2.12. The van der Waals surface area contributed by atoms with Crippen LogP contribution in [0, 0.1) is 15.9 Å². The summed E-state index contributed by atoms with van der Waals surface area (Å²) in [5, 5.41) is 10.9. The number of hydrogen-bond donors (Lipinski definition) is 2. The highest BCUT2D eigenvalue weighted by atomic mass is 32.2. The first kappa shape index (κ1) is 14.3. The minimum atomic E-state index is -0.494. The van der Waals surface area contributed by atoms with Crippen molar-refractivity contribution in [1.29, 1.82) is 0 Å². The van der Waals surface area contributed by atoms with Gasteiger partial charge in [-0.3, -0.25) is 16.0 Å². The molecule has 0 aliphatic heterocycles. The molecule has 0 radical (unpaired) electrons. The molecule has 0 bridgehead atoms. The molecule has 0 aliphatic rings. The second kappa shape index (κ2) is 6.36. The summed E-state index contributed by atoms with van der Waals surface area (Å²) in [6.07, 6.45) is 0. The number of nitrogens with zero attached hydrogens (tertiary/aromatic N) is 1. The number of anilines is 1. The van der Waals surface area contributed by atoms with Crippen LogP contribution in [0.4, 0.5) is 15.8 Å². The van der Waals surface area contributed by atoms with E-state index in [0.29, 0.717) is 11.3 Å². The number of hydrazine groups is 1. The van der Waals surface area contributed by atoms with Gasteiger partial charge in [0.05, 0.1) is 4.92 Å². The molecule has 2 rings (SSSR count). The second-order valence-corrected chi connectivity index (χ2v) is 5.01. The molecule has 0 saturated carbocycles. The van der Waals surface area contributed by atoms with Crippen LogP contribution in [0.1, 0.15) is 5.56 Å². The van der Waals surface area contributed by atoms with Gasteiger partial charge in [0.1, 0.15) is 11.5 Å². The molecule has 0 heterocycles. The van der Waals surface area contributed by atoms with Gasteiger partial charge in [0.2, 0.25) is 0 Å². The van der Waals surface area contributed by atoms with Crippen LogP contribution < -0.4 is 11.3 Å². The average molecular weight is 293 g/mol. The predicted molar refractivity (Wildman–Crippen MR) is 76.9 cm³/mol. The van der Waals surface area contributed by atoms with Crippen molar-refractivity contribution in [1.82, 2.24) is 0 Å². The average Bonchev–Trinajstić information content (AvgIpc) is 2.44. The Bertz CT molecular complexity index is 637. The van der Waals surface area contributed by atoms with Crippen molar-refractivity contribution in [3.8, 4) is 0 Å². The van der Waals surface area contributed by atoms with Crippen molar-refractivity contribution in [2.75, 3.05) is 5.43 Å². The third-order valence-corrected chi connectivity index (χ3v) is 3.70. The largest absolute Gasteiger partial charge is 0.318 e. The molecule has 5 nitrogen and oxygen atoms in total. The fourth-order valence-electron chi connectivity index (χ4n) is 1.74. The minimum Gasteiger partial charge on any atom is -0.318 e. The van der Waals surface area contributed by atoms with Gasteiger partial charge in [-0.1, -0.05) is 18.2 Å². The molecular weight excluding hydrogens is 281 g/mol. The molecule has 0 fully saturated rings. The number of nitrogens with one attached hydrogen (secondary N) is 1. The zero-order chi connectivity index (χ0) is 14.5. The molecule has 0 unspecified atom stereocenters. The first-order valence-corrected chi connectivity index (χ1v) is 6.71. The molecule has 0 saturated heterocycles. The monoisotopic (exact) mass is 293 g/mol. The Morgan fingerprint density at radius 3 is 2.70 bits per heavy atom. The van der Waals surface area contributed by atoms with Gasteiger partial charge < -0.3 is 5.43 Å². The summed E-state index contributed by atoms with van der Waals surface area (Å²) < 4.78 is 13.1. The SMILES string of the molecule is NNc1c(CSc2cccc(F)c2)cccc1[N+](=O)[O-]. The van der Waals surface area contributed by atoms with Crippen molar-refractivity contribution in [2.45, 2.75) is 10.6 Å². The van der Waals surface area contributed by atoms with Gasteiger partial charge in [0.25, 0.3) is 5.69 Å². The molecule has 0 aromatic heterocycles. The summed E-state index contributed by atoms with van der Waals surface area (Å²) in [7, 11) is 0. The van der Waals surface area contributed by atoms with Crippen molar-refractivity contribution in [3.63, 3.8) is 0 Å². The summed E-state index contributed by atoms with van der Waals surface area (Å²) in [6.45, 7) is 0. The minimum absolute atomic E-state index is 0.0788. The number of thioether (sulfide) groups is 1. The lowest BCUT2D eigenvalue weighted by molar-refractivity contribution is -0.384. The van der Waals surface area contributed by atoms with Crippen LogP contribution in [0.25, 0.3) is 0 Å². The highest BCUT2D eigenvalue weighted by Gasteiger charge is 2.16. The molecule has 104 valence electrons. The lowest BCUT2D eigenvalue weighted by Crippen LogP contribution is -2.11. The molecule has 0 aliphatic carbocycles. The summed E-state index contributed by atoms with van der Waals surface area (Å²) in [5.74, 6) is 5.49. The topological polar surface area (TPSA) is 81.2 Å². The van der Waals surface area contributed by atoms with Crippen LogP contribution in [-0.4, -0.2) is 4.92 Å². The first-order valence-electron chi connectivity index (χ1n) is 5.73. The normalized spacial score (nSPS) is 10.3. The van der Waals surface area contributed by atoms with Gasteiger partial charge in [0, 0.05) is 16.7 Å². The van der Waals surface area contributed by atoms with Crippen molar-refractivity contribution in [2.24, 2.45) is 5.84 Å². The van der Waals surface area contributed by atoms with Crippen molar-refractivity contribution < 1.29 is 9.31 Å². The van der Waals surface area contributed by atoms with Gasteiger partial charge in [-0.25, -0.2) is 4.39 Å². The maximum Gasteiger partial charge on any atom is 0.293 e. The molecule has 3 N–H and O–H groups in total. The van der Waals surface area contributed by atoms with E-state index in [0.717, 1.165) is 4.90 Å². The Balaban J connectivity index is 2.21. The molecular formula is C13H12FN3O2S. The summed E-state index contributed by atoms with van der Waals surface area (Å²) in [6, 6.07) is 10.9. The standard InChI is InChI=1S/C13H12FN3O2S/c14-10-4-2-5-11(7-10)20-8-9-3-1-6-12(17(18)19)13(9)16-15/h1-7,16H,8,15H2. The van der Waals surface area contributed by atoms with E-state index in [2.05, 4.69) is 5.43 Å². The fourth-order valence-corrected chi connectivity index (χ4v) is 2.68. The lowest BCUT2D eigenvalue weighted by atomic mass is 10.2. The number of nitrogen functional groups attached to an aromatic ring is 1. The zero-order valence-corrected chi connectivity index (χ0v) is 11.2. The van der Waals surface area contributed by atoms with Crippen LogP contribution in [-0.2, 0) is 5.75 Å². The van der Waals surface area contributed by atoms with E-state index in [-0.39, 0.29) is 17.2 Å². The van der Waals surface area contributed by atoms with E-state index < -0.39 is 4.92 Å². The highest BCUT2D eigenvalue weighted by Crippen LogP contribution is 2.32. The van der Waals surface area contributed by atoms with Crippen molar-refractivity contribution >= 4 is 23.1 Å². The van der Waals surface area contributed by atoms with Gasteiger partial charge in [-0.05, 0) is 23.8 Å². The van der Waals surface area contributed by atoms with E-state index in [1.54, 1.807) is 24.3 Å². The number of benzene rings is 2. The lowest BCUT2D eigenvalue weighted by Gasteiger charge is -2.09. The third-order valence-electron chi connectivity index (χ3n) is 2.66. The number of halogens is 1. The van der Waals surface area contributed by atoms with Gasteiger partial charge in [-0.15, -0.1) is 11.8 Å². The predicted octanol–water partition coefficient (Wildman–Crippen LogP) is 3.31. The maximum absolute atomic E-state index is 13.1. The molecule has 0 atom stereocenters. The van der Waals surface area contributed by atoms with Crippen LogP contribution >= 0.6 is 11.8 Å². The molecule has 2 aromatic rings. The van der Waals surface area contributed by atoms with E-state index in [9.17, 15) is 14.5 Å². The Labute approximate surface area is 119 Å². The number of nitro groups is 1. The summed E-state index contributed by atoms with van der Waals surface area (Å²) in [5.41, 5.74) is 3.26. The zero-order valence-electron chi connectivity index (χ0n) is 10.4. The van der Waals surface area contributed by atoms with Crippen molar-refractivity contribution in [3.05, 3.63) is 64.0 Å². The number of rotatable bonds is 5.